The predicted octanol–water partition coefficient (Wildman–Crippen LogP) is 4.24. The van der Waals surface area contributed by atoms with Crippen LogP contribution in [-0.2, 0) is 4.79 Å². The van der Waals surface area contributed by atoms with Crippen molar-refractivity contribution in [1.29, 1.82) is 0 Å². The molecule has 6 nitrogen and oxygen atoms in total. The lowest BCUT2D eigenvalue weighted by Gasteiger charge is -2.26. The molecule has 0 fully saturated rings. The first-order valence-corrected chi connectivity index (χ1v) is 8.72. The minimum absolute atomic E-state index is 0.00138. The molecule has 0 bridgehead atoms. The third-order valence-corrected chi connectivity index (χ3v) is 4.34. The Bertz CT molecular complexity index is 865. The van der Waals surface area contributed by atoms with E-state index in [0.717, 1.165) is 0 Å². The van der Waals surface area contributed by atoms with E-state index in [1.807, 2.05) is 20.8 Å². The molecule has 0 aliphatic carbocycles. The van der Waals surface area contributed by atoms with E-state index < -0.39 is 11.4 Å². The van der Waals surface area contributed by atoms with Gasteiger partial charge in [-0.15, -0.1) is 0 Å². The van der Waals surface area contributed by atoms with Gasteiger partial charge in [-0.1, -0.05) is 0 Å². The summed E-state index contributed by atoms with van der Waals surface area (Å²) < 4.78 is 18.8. The minimum Gasteiger partial charge on any atom is -0.490 e. The van der Waals surface area contributed by atoms with E-state index in [0.29, 0.717) is 29.4 Å². The summed E-state index contributed by atoms with van der Waals surface area (Å²) in [6.07, 6.45) is 0. The first-order chi connectivity index (χ1) is 12.8. The molecule has 27 heavy (non-hydrogen) atoms. The molecule has 1 heterocycles. The molecule has 2 aromatic carbocycles. The molecule has 0 radical (unpaired) electrons. The Hall–Kier alpha value is -3.09. The molecule has 0 atom stereocenters. The Morgan fingerprint density at radius 2 is 1.78 bits per heavy atom. The van der Waals surface area contributed by atoms with E-state index >= 15 is 0 Å². The Balaban J connectivity index is 1.78. The van der Waals surface area contributed by atoms with Crippen LogP contribution >= 0.6 is 0 Å². The van der Waals surface area contributed by atoms with Crippen molar-refractivity contribution >= 4 is 29.0 Å². The second-order valence-corrected chi connectivity index (χ2v) is 6.99. The number of fused-ring (bicyclic) bond motifs is 1. The zero-order valence-electron chi connectivity index (χ0n) is 15.5. The van der Waals surface area contributed by atoms with Gasteiger partial charge in [-0.25, -0.2) is 9.18 Å². The highest BCUT2D eigenvalue weighted by atomic mass is 19.1. The smallest absolute Gasteiger partial charge is 0.323 e. The summed E-state index contributed by atoms with van der Waals surface area (Å²) in [6, 6.07) is 10.2. The number of ether oxygens (including phenoxy) is 1. The van der Waals surface area contributed by atoms with Crippen LogP contribution in [0, 0.1) is 11.2 Å². The Kier molecular flexibility index (Phi) is 5.03. The van der Waals surface area contributed by atoms with Crippen LogP contribution in [0.15, 0.2) is 42.5 Å². The average molecular weight is 371 g/mol. The predicted molar refractivity (Wildman–Crippen MR) is 103 cm³/mol. The van der Waals surface area contributed by atoms with E-state index in [-0.39, 0.29) is 18.3 Å². The van der Waals surface area contributed by atoms with Crippen LogP contribution in [0.4, 0.5) is 26.2 Å². The van der Waals surface area contributed by atoms with Crippen molar-refractivity contribution in [2.24, 2.45) is 5.41 Å². The van der Waals surface area contributed by atoms with Gasteiger partial charge in [0, 0.05) is 24.0 Å². The number of benzene rings is 2. The van der Waals surface area contributed by atoms with Gasteiger partial charge in [0.2, 0.25) is 5.91 Å². The fourth-order valence-corrected chi connectivity index (χ4v) is 2.87. The number of nitrogens with zero attached hydrogens (tertiary/aromatic N) is 1. The number of anilines is 3. The highest BCUT2D eigenvalue weighted by Gasteiger charge is 2.37. The molecule has 0 saturated heterocycles. The van der Waals surface area contributed by atoms with Crippen LogP contribution < -0.4 is 20.3 Å². The molecule has 0 unspecified atom stereocenters. The lowest BCUT2D eigenvalue weighted by molar-refractivity contribution is -0.127. The SMILES string of the molecule is CCN1C(=O)C(C)(C)COc2cc(NC(=O)Nc3ccc(F)cc3)ccc21. The summed E-state index contributed by atoms with van der Waals surface area (Å²) in [7, 11) is 0. The molecule has 1 aliphatic rings. The molecule has 2 aromatic rings. The maximum Gasteiger partial charge on any atom is 0.323 e. The molecular weight excluding hydrogens is 349 g/mol. The highest BCUT2D eigenvalue weighted by molar-refractivity contribution is 6.02. The van der Waals surface area contributed by atoms with Crippen molar-refractivity contribution in [3.05, 3.63) is 48.3 Å². The van der Waals surface area contributed by atoms with Crippen molar-refractivity contribution in [1.82, 2.24) is 0 Å². The van der Waals surface area contributed by atoms with E-state index in [2.05, 4.69) is 10.6 Å². The van der Waals surface area contributed by atoms with E-state index in [4.69, 9.17) is 4.74 Å². The van der Waals surface area contributed by atoms with Crippen molar-refractivity contribution in [3.8, 4) is 5.75 Å². The second kappa shape index (κ2) is 7.26. The highest BCUT2D eigenvalue weighted by Crippen LogP contribution is 2.38. The van der Waals surface area contributed by atoms with Gasteiger partial charge in [0.1, 0.15) is 18.2 Å². The van der Waals surface area contributed by atoms with Gasteiger partial charge in [0.15, 0.2) is 0 Å². The van der Waals surface area contributed by atoms with Crippen LogP contribution in [0.5, 0.6) is 5.75 Å². The molecule has 0 aromatic heterocycles. The number of hydrogen-bond donors (Lipinski definition) is 2. The summed E-state index contributed by atoms with van der Waals surface area (Å²) >= 11 is 0. The fourth-order valence-electron chi connectivity index (χ4n) is 2.87. The molecule has 2 N–H and O–H groups in total. The van der Waals surface area contributed by atoms with E-state index in [1.165, 1.54) is 24.3 Å². The van der Waals surface area contributed by atoms with Gasteiger partial charge >= 0.3 is 6.03 Å². The van der Waals surface area contributed by atoms with Gasteiger partial charge < -0.3 is 20.3 Å². The van der Waals surface area contributed by atoms with E-state index in [9.17, 15) is 14.0 Å². The Morgan fingerprint density at radius 1 is 1.15 bits per heavy atom. The quantitative estimate of drug-likeness (QED) is 0.848. The molecule has 0 spiro atoms. The Morgan fingerprint density at radius 3 is 2.44 bits per heavy atom. The van der Waals surface area contributed by atoms with Crippen LogP contribution in [0.25, 0.3) is 0 Å². The molecule has 3 rings (SSSR count). The lowest BCUT2D eigenvalue weighted by Crippen LogP contribution is -2.42. The number of rotatable bonds is 3. The molecule has 1 aliphatic heterocycles. The standard InChI is InChI=1S/C20H22FN3O3/c1-4-24-16-10-9-15(11-17(16)27-12-20(2,3)18(24)25)23-19(26)22-14-7-5-13(21)6-8-14/h5-11H,4,12H2,1-3H3,(H2,22,23,26). The van der Waals surface area contributed by atoms with Gasteiger partial charge in [-0.05, 0) is 57.2 Å². The van der Waals surface area contributed by atoms with E-state index in [1.54, 1.807) is 23.1 Å². The van der Waals surface area contributed by atoms with Crippen LogP contribution in [0.3, 0.4) is 0 Å². The lowest BCUT2D eigenvalue weighted by atomic mass is 9.93. The van der Waals surface area contributed by atoms with Crippen molar-refractivity contribution < 1.29 is 18.7 Å². The fraction of sp³-hybridized carbons (Fsp3) is 0.300. The molecular formula is C20H22FN3O3. The summed E-state index contributed by atoms with van der Waals surface area (Å²) in [6.45, 7) is 6.38. The summed E-state index contributed by atoms with van der Waals surface area (Å²) in [5.74, 6) is 0.163. The molecule has 3 amide bonds. The molecule has 7 heteroatoms. The van der Waals surface area contributed by atoms with Gasteiger partial charge in [0.05, 0.1) is 11.1 Å². The van der Waals surface area contributed by atoms with Crippen LogP contribution in [0.1, 0.15) is 20.8 Å². The summed E-state index contributed by atoms with van der Waals surface area (Å²) in [5, 5.41) is 5.34. The number of nitrogens with one attached hydrogen (secondary N) is 2. The van der Waals surface area contributed by atoms with Crippen molar-refractivity contribution in [2.75, 3.05) is 28.7 Å². The third kappa shape index (κ3) is 4.02. The molecule has 142 valence electrons. The zero-order valence-corrected chi connectivity index (χ0v) is 15.5. The normalized spacial score (nSPS) is 15.4. The zero-order chi connectivity index (χ0) is 19.6. The largest absolute Gasteiger partial charge is 0.490 e. The number of carbonyl (C=O) groups is 2. The monoisotopic (exact) mass is 371 g/mol. The summed E-state index contributed by atoms with van der Waals surface area (Å²) in [4.78, 5) is 26.5. The van der Waals surface area contributed by atoms with Gasteiger partial charge in [0.25, 0.3) is 0 Å². The van der Waals surface area contributed by atoms with Gasteiger partial charge in [-0.3, -0.25) is 4.79 Å². The molecule has 0 saturated carbocycles. The number of hydrogen-bond acceptors (Lipinski definition) is 3. The van der Waals surface area contributed by atoms with Crippen LogP contribution in [0.2, 0.25) is 0 Å². The number of halogens is 1. The number of carbonyl (C=O) groups excluding carboxylic acids is 2. The maximum absolute atomic E-state index is 12.9. The Labute approximate surface area is 157 Å². The van der Waals surface area contributed by atoms with Gasteiger partial charge in [-0.2, -0.15) is 0 Å². The topological polar surface area (TPSA) is 70.7 Å². The number of amides is 3. The first-order valence-electron chi connectivity index (χ1n) is 8.72. The average Bonchev–Trinajstić information content (AvgIpc) is 2.72. The maximum atomic E-state index is 12.9. The van der Waals surface area contributed by atoms with Crippen molar-refractivity contribution in [3.63, 3.8) is 0 Å². The first kappa shape index (κ1) is 18.7. The third-order valence-electron chi connectivity index (χ3n) is 4.34. The van der Waals surface area contributed by atoms with Crippen LogP contribution in [-0.4, -0.2) is 25.1 Å². The van der Waals surface area contributed by atoms with Crippen molar-refractivity contribution in [2.45, 2.75) is 20.8 Å². The second-order valence-electron chi connectivity index (χ2n) is 6.99. The minimum atomic E-state index is -0.636. The summed E-state index contributed by atoms with van der Waals surface area (Å²) in [5.41, 5.74) is 1.04. The number of urea groups is 1.